The summed E-state index contributed by atoms with van der Waals surface area (Å²) in [7, 11) is 0. The van der Waals surface area contributed by atoms with E-state index in [0.29, 0.717) is 0 Å². The first-order valence-corrected chi connectivity index (χ1v) is 1.74. The van der Waals surface area contributed by atoms with Gasteiger partial charge in [0.15, 0.2) is 0 Å². The molecular weight excluding hydrogens is 62.1 g/mol. The maximum Gasteiger partial charge on any atom is 0.278 e. The predicted molar refractivity (Wildman–Crippen MR) is 21.0 cm³/mol. The molecule has 1 heteroatoms. The van der Waals surface area contributed by atoms with Gasteiger partial charge in [0.25, 0.3) is 12.6 Å². The Morgan fingerprint density at radius 1 is 1.80 bits per heavy atom. The van der Waals surface area contributed by atoms with Crippen LogP contribution in [0.15, 0.2) is 0 Å². The van der Waals surface area contributed by atoms with Crippen LogP contribution in [0.3, 0.4) is 0 Å². The molecule has 0 aromatic carbocycles. The molecule has 25 valence electrons. The number of hydrogen-bond donors (Lipinski definition) is 0. The average Bonchev–Trinajstić information content (AvgIpc) is 1.76. The molecule has 1 radical (unpaired) electrons. The van der Waals surface area contributed by atoms with Crippen LogP contribution in [0.5, 0.6) is 0 Å². The van der Waals surface area contributed by atoms with E-state index in [9.17, 15) is 0 Å². The molecule has 0 saturated heterocycles. The van der Waals surface area contributed by atoms with E-state index in [4.69, 9.17) is 0 Å². The third kappa shape index (κ3) is 0.384. The van der Waals surface area contributed by atoms with Crippen LogP contribution in [0.2, 0.25) is 0 Å². The minimum Gasteiger partial charge on any atom is -0.0833 e. The Hall–Kier alpha value is -0.510. The summed E-state index contributed by atoms with van der Waals surface area (Å²) in [5, 5.41) is 0. The van der Waals surface area contributed by atoms with Gasteiger partial charge in [0.2, 0.25) is 0 Å². The summed E-state index contributed by atoms with van der Waals surface area (Å²) in [6.45, 7) is 0.958. The van der Waals surface area contributed by atoms with Crippen molar-refractivity contribution in [3.05, 3.63) is 11.3 Å². The summed E-state index contributed by atoms with van der Waals surface area (Å²) < 4.78 is 0. The largest absolute Gasteiger partial charge is 0.278 e. The van der Waals surface area contributed by atoms with Gasteiger partial charge in [-0.05, 0) is 0 Å². The molecule has 1 aliphatic heterocycles. The molecule has 1 rings (SSSR count). The molecule has 1 aliphatic rings. The van der Waals surface area contributed by atoms with Gasteiger partial charge >= 0.3 is 0 Å². The Bertz CT molecular complexity index is 67.4. The topological polar surface area (TPSA) is 4.36 Å². The van der Waals surface area contributed by atoms with Crippen molar-refractivity contribution >= 4 is 0 Å². The molecule has 0 spiro atoms. The van der Waals surface area contributed by atoms with Crippen molar-refractivity contribution in [3.63, 3.8) is 0 Å². The zero-order valence-electron chi connectivity index (χ0n) is 2.94. The van der Waals surface area contributed by atoms with E-state index < -0.39 is 0 Å². The van der Waals surface area contributed by atoms with Crippen molar-refractivity contribution in [3.8, 4) is 6.07 Å². The van der Waals surface area contributed by atoms with E-state index in [1.807, 2.05) is 6.42 Å². The van der Waals surface area contributed by atoms with Crippen LogP contribution in [-0.2, 0) is 0 Å². The summed E-state index contributed by atoms with van der Waals surface area (Å²) in [4.78, 5) is 3.78. The fourth-order valence-electron chi connectivity index (χ4n) is 0.323. The molecule has 0 aliphatic carbocycles. The van der Waals surface area contributed by atoms with E-state index in [2.05, 4.69) is 10.9 Å². The van der Waals surface area contributed by atoms with Gasteiger partial charge in [-0.25, -0.2) is 0 Å². The first-order valence-electron chi connectivity index (χ1n) is 1.74. The molecule has 5 heavy (non-hydrogen) atoms. The molecule has 0 bridgehead atoms. The second-order valence-corrected chi connectivity index (χ2v) is 1.00. The number of hydrogen-bond acceptors (Lipinski definition) is 0. The van der Waals surface area contributed by atoms with Crippen molar-refractivity contribution in [2.75, 3.05) is 6.54 Å². The Labute approximate surface area is 31.4 Å². The zero-order valence-corrected chi connectivity index (χ0v) is 2.94. The molecule has 0 aromatic rings. The Morgan fingerprint density at radius 3 is 3.00 bits per heavy atom. The Kier molecular flexibility index (Phi) is 0.582. The molecule has 0 N–H and O–H groups in total. The third-order valence-corrected chi connectivity index (χ3v) is 0.568. The van der Waals surface area contributed by atoms with Crippen molar-refractivity contribution < 1.29 is 0 Å². The fraction of sp³-hybridized carbons (Fsp3) is 0.500. The highest BCUT2D eigenvalue weighted by atomic mass is 14.7. The van der Waals surface area contributed by atoms with Gasteiger partial charge in [-0.3, -0.25) is 0 Å². The lowest BCUT2D eigenvalue weighted by molar-refractivity contribution is 1.14. The molecule has 0 saturated carbocycles. The van der Waals surface area contributed by atoms with E-state index in [-0.39, 0.29) is 0 Å². The minimum atomic E-state index is 0.958. The van der Waals surface area contributed by atoms with Crippen LogP contribution < -0.4 is 0 Å². The lowest BCUT2D eigenvalue weighted by Gasteiger charge is -1.53. The van der Waals surface area contributed by atoms with Gasteiger partial charge in [0, 0.05) is 6.42 Å². The molecule has 0 unspecified atom stereocenters. The van der Waals surface area contributed by atoms with Gasteiger partial charge in [0.1, 0.15) is 6.42 Å². The lowest BCUT2D eigenvalue weighted by atomic mass is 10.4. The van der Waals surface area contributed by atoms with Crippen LogP contribution in [0.25, 0.3) is 4.85 Å². The van der Waals surface area contributed by atoms with Gasteiger partial charge in [-0.2, -0.15) is 0 Å². The van der Waals surface area contributed by atoms with E-state index in [0.717, 1.165) is 13.0 Å². The SMILES string of the molecule is C1#[N+]CC[CH]1. The van der Waals surface area contributed by atoms with Crippen molar-refractivity contribution in [1.82, 2.24) is 0 Å². The Balaban J connectivity index is 2.42. The summed E-state index contributed by atoms with van der Waals surface area (Å²) in [5.74, 6) is 0. The summed E-state index contributed by atoms with van der Waals surface area (Å²) in [5.41, 5.74) is 0. The molecule has 1 nitrogen and oxygen atoms in total. The van der Waals surface area contributed by atoms with Gasteiger partial charge < -0.3 is 0 Å². The monoisotopic (exact) mass is 67.0 g/mol. The van der Waals surface area contributed by atoms with Gasteiger partial charge in [-0.15, -0.1) is 0 Å². The lowest BCUT2D eigenvalue weighted by Crippen LogP contribution is -1.63. The maximum absolute atomic E-state index is 3.78. The highest BCUT2D eigenvalue weighted by Crippen LogP contribution is 1.92. The molecule has 1 heterocycles. The smallest absolute Gasteiger partial charge is 0.0833 e. The Morgan fingerprint density at radius 2 is 2.80 bits per heavy atom. The van der Waals surface area contributed by atoms with Gasteiger partial charge in [-0.1, -0.05) is 4.85 Å². The van der Waals surface area contributed by atoms with Crippen LogP contribution in [0.1, 0.15) is 6.42 Å². The van der Waals surface area contributed by atoms with Gasteiger partial charge in [0.05, 0.1) is 0 Å². The molecule has 0 atom stereocenters. The molecule has 0 amide bonds. The summed E-state index contributed by atoms with van der Waals surface area (Å²) >= 11 is 0. The zero-order chi connectivity index (χ0) is 3.54. The molecule has 0 fully saturated rings. The minimum absolute atomic E-state index is 0.958. The fourth-order valence-corrected chi connectivity index (χ4v) is 0.323. The predicted octanol–water partition coefficient (Wildman–Crippen LogP) is 0.927. The first-order chi connectivity index (χ1) is 2.50. The maximum atomic E-state index is 3.78. The second kappa shape index (κ2) is 1.07. The summed E-state index contributed by atoms with van der Waals surface area (Å²) in [6, 6.07) is 2.72. The normalized spacial score (nSPS) is 17.6. The quantitative estimate of drug-likeness (QED) is 0.397. The van der Waals surface area contributed by atoms with Crippen LogP contribution in [0, 0.1) is 12.5 Å². The van der Waals surface area contributed by atoms with Crippen molar-refractivity contribution in [2.24, 2.45) is 0 Å². The van der Waals surface area contributed by atoms with Crippen LogP contribution >= 0.6 is 0 Å². The highest BCUT2D eigenvalue weighted by Gasteiger charge is 1.99. The van der Waals surface area contributed by atoms with E-state index in [1.165, 1.54) is 0 Å². The number of nitrogens with zero attached hydrogens (tertiary/aromatic N) is 1. The third-order valence-electron chi connectivity index (χ3n) is 0.568. The molecular formula is C4H5N+. The van der Waals surface area contributed by atoms with Crippen LogP contribution in [-0.4, -0.2) is 6.54 Å². The second-order valence-electron chi connectivity index (χ2n) is 1.00. The van der Waals surface area contributed by atoms with E-state index >= 15 is 0 Å². The van der Waals surface area contributed by atoms with Crippen molar-refractivity contribution in [2.45, 2.75) is 6.42 Å². The average molecular weight is 67.1 g/mol. The highest BCUT2D eigenvalue weighted by molar-refractivity contribution is 5.07. The molecule has 0 aromatic heterocycles. The first kappa shape index (κ1) is 2.71. The van der Waals surface area contributed by atoms with Crippen LogP contribution in [0.4, 0.5) is 0 Å². The van der Waals surface area contributed by atoms with Crippen molar-refractivity contribution in [1.29, 1.82) is 0 Å². The summed E-state index contributed by atoms with van der Waals surface area (Å²) in [6.07, 6.45) is 3.04. The van der Waals surface area contributed by atoms with E-state index in [1.54, 1.807) is 0 Å². The standard InChI is InChI=1S/C4H5N/c1-2-4-5-3-1/h1H,2,4H2/q+1. The number of rotatable bonds is 0.